The van der Waals surface area contributed by atoms with Gasteiger partial charge in [-0.15, -0.1) is 0 Å². The second-order valence-corrected chi connectivity index (χ2v) is 5.76. The summed E-state index contributed by atoms with van der Waals surface area (Å²) in [4.78, 5) is 8.60. The van der Waals surface area contributed by atoms with E-state index in [9.17, 15) is 0 Å². The van der Waals surface area contributed by atoms with Gasteiger partial charge in [0.1, 0.15) is 0 Å². The van der Waals surface area contributed by atoms with E-state index in [2.05, 4.69) is 15.3 Å². The molecule has 5 heteroatoms. The van der Waals surface area contributed by atoms with Gasteiger partial charge in [0.05, 0.1) is 10.2 Å². The number of halogens is 1. The number of aromatic nitrogens is 2. The van der Waals surface area contributed by atoms with Gasteiger partial charge < -0.3 is 5.32 Å². The number of anilines is 1. The molecule has 0 amide bonds. The molecular formula is C14H12ClN3S. The van der Waals surface area contributed by atoms with Crippen molar-refractivity contribution in [3.05, 3.63) is 52.8 Å². The van der Waals surface area contributed by atoms with Crippen molar-refractivity contribution in [1.82, 2.24) is 9.97 Å². The van der Waals surface area contributed by atoms with Gasteiger partial charge in [-0.1, -0.05) is 22.9 Å². The molecule has 0 saturated carbocycles. The van der Waals surface area contributed by atoms with Crippen molar-refractivity contribution in [1.29, 1.82) is 0 Å². The molecule has 0 radical (unpaired) electrons. The summed E-state index contributed by atoms with van der Waals surface area (Å²) in [7, 11) is 0. The van der Waals surface area contributed by atoms with Gasteiger partial charge in [-0.25, -0.2) is 4.98 Å². The first-order chi connectivity index (χ1) is 9.22. The molecule has 3 rings (SSSR count). The Balaban J connectivity index is 1.84. The number of benzene rings is 1. The van der Waals surface area contributed by atoms with Crippen molar-refractivity contribution in [3.8, 4) is 0 Å². The number of fused-ring (bicyclic) bond motifs is 1. The minimum atomic E-state index is 0.745. The Labute approximate surface area is 120 Å². The van der Waals surface area contributed by atoms with Crippen LogP contribution in [0.3, 0.4) is 0 Å². The van der Waals surface area contributed by atoms with Gasteiger partial charge in [0.15, 0.2) is 5.13 Å². The zero-order valence-corrected chi connectivity index (χ0v) is 11.9. The van der Waals surface area contributed by atoms with E-state index in [-0.39, 0.29) is 0 Å². The van der Waals surface area contributed by atoms with Crippen LogP contribution in [0.1, 0.15) is 11.1 Å². The van der Waals surface area contributed by atoms with Gasteiger partial charge in [0, 0.05) is 24.0 Å². The Morgan fingerprint density at radius 1 is 1.26 bits per heavy atom. The molecule has 19 heavy (non-hydrogen) atoms. The highest BCUT2D eigenvalue weighted by molar-refractivity contribution is 7.22. The zero-order chi connectivity index (χ0) is 13.2. The summed E-state index contributed by atoms with van der Waals surface area (Å²) in [5.74, 6) is 0. The minimum Gasteiger partial charge on any atom is -0.357 e. The number of hydrogen-bond acceptors (Lipinski definition) is 4. The van der Waals surface area contributed by atoms with Gasteiger partial charge in [-0.05, 0) is 42.3 Å². The van der Waals surface area contributed by atoms with Gasteiger partial charge >= 0.3 is 0 Å². The van der Waals surface area contributed by atoms with Crippen molar-refractivity contribution in [2.45, 2.75) is 13.5 Å². The van der Waals surface area contributed by atoms with Gasteiger partial charge in [-0.2, -0.15) is 0 Å². The summed E-state index contributed by atoms with van der Waals surface area (Å²) in [5.41, 5.74) is 3.31. The van der Waals surface area contributed by atoms with Crippen LogP contribution in [-0.4, -0.2) is 9.97 Å². The van der Waals surface area contributed by atoms with Crippen LogP contribution in [-0.2, 0) is 6.54 Å². The molecule has 0 aliphatic carbocycles. The van der Waals surface area contributed by atoms with Crippen molar-refractivity contribution < 1.29 is 0 Å². The Morgan fingerprint density at radius 3 is 2.84 bits per heavy atom. The third-order valence-corrected chi connectivity index (χ3v) is 4.02. The normalized spacial score (nSPS) is 10.8. The molecule has 96 valence electrons. The van der Waals surface area contributed by atoms with Gasteiger partial charge in [0.25, 0.3) is 0 Å². The smallest absolute Gasteiger partial charge is 0.184 e. The highest BCUT2D eigenvalue weighted by Gasteiger charge is 2.07. The van der Waals surface area contributed by atoms with Crippen LogP contribution in [0.4, 0.5) is 5.13 Å². The monoisotopic (exact) mass is 289 g/mol. The van der Waals surface area contributed by atoms with Crippen LogP contribution in [0.15, 0.2) is 36.7 Å². The maximum atomic E-state index is 6.06. The lowest BCUT2D eigenvalue weighted by Gasteiger charge is -2.01. The third kappa shape index (κ3) is 2.69. The second kappa shape index (κ2) is 5.15. The second-order valence-electron chi connectivity index (χ2n) is 4.30. The predicted octanol–water partition coefficient (Wildman–Crippen LogP) is 4.27. The molecule has 0 bridgehead atoms. The van der Waals surface area contributed by atoms with E-state index >= 15 is 0 Å². The number of aryl methyl sites for hydroxylation is 1. The number of thiazole rings is 1. The number of hydrogen-bond donors (Lipinski definition) is 1. The maximum Gasteiger partial charge on any atom is 0.184 e. The number of nitrogens with one attached hydrogen (secondary N) is 1. The molecule has 0 aliphatic rings. The SMILES string of the molecule is Cc1cc(Cl)cc2sc(NCc3ccncc3)nc12. The average molecular weight is 290 g/mol. The summed E-state index contributed by atoms with van der Waals surface area (Å²) in [6.07, 6.45) is 3.58. The third-order valence-electron chi connectivity index (χ3n) is 2.84. The largest absolute Gasteiger partial charge is 0.357 e. The van der Waals surface area contributed by atoms with E-state index in [1.807, 2.05) is 31.2 Å². The summed E-state index contributed by atoms with van der Waals surface area (Å²) < 4.78 is 1.11. The lowest BCUT2D eigenvalue weighted by Crippen LogP contribution is -1.98. The van der Waals surface area contributed by atoms with Crippen molar-refractivity contribution in [2.24, 2.45) is 0 Å². The van der Waals surface area contributed by atoms with E-state index in [1.165, 1.54) is 5.56 Å². The van der Waals surface area contributed by atoms with Crippen LogP contribution in [0.25, 0.3) is 10.2 Å². The molecule has 1 aromatic carbocycles. The average Bonchev–Trinajstić information content (AvgIpc) is 2.81. The Morgan fingerprint density at radius 2 is 2.05 bits per heavy atom. The topological polar surface area (TPSA) is 37.8 Å². The predicted molar refractivity (Wildman–Crippen MR) is 80.9 cm³/mol. The summed E-state index contributed by atoms with van der Waals surface area (Å²) in [6, 6.07) is 7.88. The molecule has 0 aliphatic heterocycles. The van der Waals surface area contributed by atoms with Crippen LogP contribution in [0.2, 0.25) is 5.02 Å². The molecule has 1 N–H and O–H groups in total. The maximum absolute atomic E-state index is 6.06. The summed E-state index contributed by atoms with van der Waals surface area (Å²) >= 11 is 7.68. The van der Waals surface area contributed by atoms with E-state index < -0.39 is 0 Å². The molecular weight excluding hydrogens is 278 g/mol. The molecule has 0 fully saturated rings. The van der Waals surface area contributed by atoms with Crippen LogP contribution in [0.5, 0.6) is 0 Å². The number of nitrogens with zero attached hydrogens (tertiary/aromatic N) is 2. The number of pyridine rings is 1. The van der Waals surface area contributed by atoms with E-state index in [0.717, 1.165) is 32.5 Å². The number of rotatable bonds is 3. The van der Waals surface area contributed by atoms with E-state index in [1.54, 1.807) is 23.7 Å². The van der Waals surface area contributed by atoms with Gasteiger partial charge in [0.2, 0.25) is 0 Å². The molecule has 0 spiro atoms. The highest BCUT2D eigenvalue weighted by Crippen LogP contribution is 2.31. The quantitative estimate of drug-likeness (QED) is 0.782. The van der Waals surface area contributed by atoms with Crippen molar-refractivity contribution in [2.75, 3.05) is 5.32 Å². The first kappa shape index (κ1) is 12.4. The molecule has 2 heterocycles. The molecule has 0 saturated heterocycles. The van der Waals surface area contributed by atoms with Crippen LogP contribution < -0.4 is 5.32 Å². The molecule has 3 aromatic rings. The van der Waals surface area contributed by atoms with Crippen LogP contribution in [0, 0.1) is 6.92 Å². The Hall–Kier alpha value is -1.65. The fourth-order valence-corrected chi connectivity index (χ4v) is 3.22. The minimum absolute atomic E-state index is 0.745. The molecule has 0 atom stereocenters. The summed E-state index contributed by atoms with van der Waals surface area (Å²) in [5, 5.41) is 5.01. The molecule has 0 unspecified atom stereocenters. The zero-order valence-electron chi connectivity index (χ0n) is 10.4. The van der Waals surface area contributed by atoms with Crippen LogP contribution >= 0.6 is 22.9 Å². The Bertz CT molecular complexity index is 709. The molecule has 3 nitrogen and oxygen atoms in total. The van der Waals surface area contributed by atoms with Crippen molar-refractivity contribution >= 4 is 38.3 Å². The van der Waals surface area contributed by atoms with E-state index in [4.69, 9.17) is 11.6 Å². The van der Waals surface area contributed by atoms with E-state index in [0.29, 0.717) is 0 Å². The first-order valence-corrected chi connectivity index (χ1v) is 7.11. The summed E-state index contributed by atoms with van der Waals surface area (Å²) in [6.45, 7) is 2.77. The highest BCUT2D eigenvalue weighted by atomic mass is 35.5. The lowest BCUT2D eigenvalue weighted by molar-refractivity contribution is 1.12. The lowest BCUT2D eigenvalue weighted by atomic mass is 10.2. The first-order valence-electron chi connectivity index (χ1n) is 5.92. The Kier molecular flexibility index (Phi) is 3.36. The standard InChI is InChI=1S/C14H12ClN3S/c1-9-6-11(15)7-12-13(9)18-14(19-12)17-8-10-2-4-16-5-3-10/h2-7H,8H2,1H3,(H,17,18). The molecule has 2 aromatic heterocycles. The fourth-order valence-electron chi connectivity index (χ4n) is 1.91. The van der Waals surface area contributed by atoms with Crippen molar-refractivity contribution in [3.63, 3.8) is 0 Å². The van der Waals surface area contributed by atoms with Gasteiger partial charge in [-0.3, -0.25) is 4.98 Å². The fraction of sp³-hybridized carbons (Fsp3) is 0.143.